The number of hydrogen-bond acceptors (Lipinski definition) is 6. The fourth-order valence-electron chi connectivity index (χ4n) is 2.32. The summed E-state index contributed by atoms with van der Waals surface area (Å²) in [6, 6.07) is 3.81. The standard InChI is InChI=1S/C14H13N7/c1-2-11(8-15-3-1)20-13-14-16-4-5-21(14)12(9-17-13)10-6-18-19-7-10/h1-6,8-9,18-19H,7H2,(H,17,20). The molecule has 3 aromatic heterocycles. The number of fused-ring (bicyclic) bond motifs is 1. The van der Waals surface area contributed by atoms with Gasteiger partial charge in [-0.3, -0.25) is 9.38 Å². The molecule has 0 spiro atoms. The number of hydrazine groups is 1. The minimum absolute atomic E-state index is 0.705. The monoisotopic (exact) mass is 279 g/mol. The molecular formula is C14H13N7. The van der Waals surface area contributed by atoms with E-state index >= 15 is 0 Å². The number of aromatic nitrogens is 4. The van der Waals surface area contributed by atoms with Crippen LogP contribution in [0.25, 0.3) is 11.2 Å². The third kappa shape index (κ3) is 2.09. The van der Waals surface area contributed by atoms with Crippen LogP contribution < -0.4 is 16.2 Å². The number of pyridine rings is 1. The van der Waals surface area contributed by atoms with E-state index in [9.17, 15) is 0 Å². The average molecular weight is 279 g/mol. The highest BCUT2D eigenvalue weighted by molar-refractivity contribution is 5.74. The number of hydrogen-bond donors (Lipinski definition) is 3. The molecular weight excluding hydrogens is 266 g/mol. The van der Waals surface area contributed by atoms with Gasteiger partial charge in [0.05, 0.1) is 23.8 Å². The number of nitrogens with zero attached hydrogens (tertiary/aromatic N) is 4. The van der Waals surface area contributed by atoms with Crippen molar-refractivity contribution in [3.63, 3.8) is 0 Å². The van der Waals surface area contributed by atoms with E-state index in [-0.39, 0.29) is 0 Å². The molecule has 104 valence electrons. The molecule has 4 rings (SSSR count). The summed E-state index contributed by atoms with van der Waals surface area (Å²) in [6.45, 7) is 0.754. The van der Waals surface area contributed by atoms with Gasteiger partial charge in [-0.15, -0.1) is 0 Å². The Morgan fingerprint density at radius 2 is 2.19 bits per heavy atom. The van der Waals surface area contributed by atoms with Crippen molar-refractivity contribution in [2.24, 2.45) is 0 Å². The molecule has 0 radical (unpaired) electrons. The molecule has 7 nitrogen and oxygen atoms in total. The van der Waals surface area contributed by atoms with Crippen LogP contribution in [0, 0.1) is 0 Å². The smallest absolute Gasteiger partial charge is 0.180 e. The van der Waals surface area contributed by atoms with Gasteiger partial charge in [0.2, 0.25) is 0 Å². The van der Waals surface area contributed by atoms with Crippen LogP contribution in [0.15, 0.2) is 49.3 Å². The lowest BCUT2D eigenvalue weighted by Crippen LogP contribution is -2.20. The number of rotatable bonds is 3. The zero-order valence-electron chi connectivity index (χ0n) is 11.1. The summed E-state index contributed by atoms with van der Waals surface area (Å²) in [5, 5.41) is 3.24. The molecule has 0 saturated heterocycles. The molecule has 0 aromatic carbocycles. The lowest BCUT2D eigenvalue weighted by molar-refractivity contribution is 0.729. The minimum atomic E-state index is 0.705. The van der Waals surface area contributed by atoms with E-state index < -0.39 is 0 Å². The normalized spacial score (nSPS) is 14.0. The van der Waals surface area contributed by atoms with Crippen molar-refractivity contribution in [2.45, 2.75) is 0 Å². The molecule has 0 bridgehead atoms. The first-order valence-corrected chi connectivity index (χ1v) is 6.59. The maximum absolute atomic E-state index is 4.50. The van der Waals surface area contributed by atoms with Crippen molar-refractivity contribution in [2.75, 3.05) is 11.9 Å². The molecule has 1 aliphatic rings. The lowest BCUT2D eigenvalue weighted by Gasteiger charge is -2.10. The van der Waals surface area contributed by atoms with Crippen LogP contribution in [0.5, 0.6) is 0 Å². The second kappa shape index (κ2) is 4.88. The van der Waals surface area contributed by atoms with Crippen LogP contribution in [-0.2, 0) is 0 Å². The molecule has 0 unspecified atom stereocenters. The molecule has 0 atom stereocenters. The van der Waals surface area contributed by atoms with E-state index in [1.807, 2.05) is 35.1 Å². The van der Waals surface area contributed by atoms with Crippen LogP contribution in [-0.4, -0.2) is 25.9 Å². The van der Waals surface area contributed by atoms with E-state index in [0.29, 0.717) is 5.82 Å². The van der Waals surface area contributed by atoms with Crippen LogP contribution in [0.1, 0.15) is 5.69 Å². The van der Waals surface area contributed by atoms with Crippen LogP contribution in [0.2, 0.25) is 0 Å². The van der Waals surface area contributed by atoms with Gasteiger partial charge in [-0.1, -0.05) is 0 Å². The quantitative estimate of drug-likeness (QED) is 0.671. The van der Waals surface area contributed by atoms with E-state index in [2.05, 4.69) is 31.1 Å². The summed E-state index contributed by atoms with van der Waals surface area (Å²) >= 11 is 0. The average Bonchev–Trinajstić information content (AvgIpc) is 3.20. The Morgan fingerprint density at radius 3 is 3.00 bits per heavy atom. The van der Waals surface area contributed by atoms with Crippen molar-refractivity contribution < 1.29 is 0 Å². The molecule has 0 aliphatic carbocycles. The maximum Gasteiger partial charge on any atom is 0.180 e. The van der Waals surface area contributed by atoms with Crippen molar-refractivity contribution in [1.82, 2.24) is 30.2 Å². The summed E-state index contributed by atoms with van der Waals surface area (Å²) in [7, 11) is 0. The molecule has 4 heterocycles. The van der Waals surface area contributed by atoms with Gasteiger partial charge in [-0.05, 0) is 12.1 Å². The second-order valence-electron chi connectivity index (χ2n) is 4.65. The first-order valence-electron chi connectivity index (χ1n) is 6.59. The highest BCUT2D eigenvalue weighted by Gasteiger charge is 2.14. The van der Waals surface area contributed by atoms with E-state index in [1.54, 1.807) is 18.6 Å². The Balaban J connectivity index is 1.78. The Bertz CT molecular complexity index is 807. The predicted molar refractivity (Wildman–Crippen MR) is 79.6 cm³/mol. The maximum atomic E-state index is 4.50. The third-order valence-corrected chi connectivity index (χ3v) is 3.31. The number of anilines is 2. The zero-order valence-corrected chi connectivity index (χ0v) is 11.1. The Morgan fingerprint density at radius 1 is 1.19 bits per heavy atom. The molecule has 0 fully saturated rings. The molecule has 0 amide bonds. The van der Waals surface area contributed by atoms with E-state index in [4.69, 9.17) is 0 Å². The highest BCUT2D eigenvalue weighted by Crippen LogP contribution is 2.22. The first-order chi connectivity index (χ1) is 10.4. The molecule has 1 aliphatic heterocycles. The van der Waals surface area contributed by atoms with Gasteiger partial charge in [0.25, 0.3) is 0 Å². The van der Waals surface area contributed by atoms with Crippen molar-refractivity contribution in [3.05, 3.63) is 55.0 Å². The Labute approximate surface area is 120 Å². The number of nitrogens with one attached hydrogen (secondary N) is 3. The predicted octanol–water partition coefficient (Wildman–Crippen LogP) is 1.32. The molecule has 3 aromatic rings. The van der Waals surface area contributed by atoms with Gasteiger partial charge in [0, 0.05) is 36.9 Å². The van der Waals surface area contributed by atoms with Gasteiger partial charge < -0.3 is 10.7 Å². The van der Waals surface area contributed by atoms with Gasteiger partial charge in [0.15, 0.2) is 11.5 Å². The Kier molecular flexibility index (Phi) is 2.75. The molecule has 3 N–H and O–H groups in total. The van der Waals surface area contributed by atoms with E-state index in [0.717, 1.165) is 29.1 Å². The summed E-state index contributed by atoms with van der Waals surface area (Å²) in [6.07, 6.45) is 11.0. The second-order valence-corrected chi connectivity index (χ2v) is 4.65. The molecule has 21 heavy (non-hydrogen) atoms. The van der Waals surface area contributed by atoms with E-state index in [1.165, 1.54) is 0 Å². The topological polar surface area (TPSA) is 79.2 Å². The summed E-state index contributed by atoms with van der Waals surface area (Å²) < 4.78 is 2.02. The fourth-order valence-corrected chi connectivity index (χ4v) is 2.32. The Hall–Kier alpha value is -2.93. The first kappa shape index (κ1) is 11.9. The SMILES string of the molecule is C1=C(c2cnc(Nc3cccnc3)c3nccn23)CNN1. The fraction of sp³-hybridized carbons (Fsp3) is 0.0714. The molecule has 7 heteroatoms. The molecule has 0 saturated carbocycles. The highest BCUT2D eigenvalue weighted by atomic mass is 15.4. The largest absolute Gasteiger partial charge is 0.336 e. The summed E-state index contributed by atoms with van der Waals surface area (Å²) in [4.78, 5) is 13.0. The van der Waals surface area contributed by atoms with Crippen molar-refractivity contribution >= 4 is 22.7 Å². The van der Waals surface area contributed by atoms with Crippen molar-refractivity contribution in [1.29, 1.82) is 0 Å². The third-order valence-electron chi connectivity index (χ3n) is 3.31. The minimum Gasteiger partial charge on any atom is -0.336 e. The zero-order chi connectivity index (χ0) is 14.1. The van der Waals surface area contributed by atoms with Gasteiger partial charge in [0.1, 0.15) is 0 Å². The van der Waals surface area contributed by atoms with Crippen LogP contribution in [0.3, 0.4) is 0 Å². The van der Waals surface area contributed by atoms with Crippen LogP contribution >= 0.6 is 0 Å². The lowest BCUT2D eigenvalue weighted by atomic mass is 10.2. The number of imidazole rings is 1. The summed E-state index contributed by atoms with van der Waals surface area (Å²) in [5.41, 5.74) is 9.85. The van der Waals surface area contributed by atoms with Gasteiger partial charge in [-0.2, -0.15) is 0 Å². The van der Waals surface area contributed by atoms with Gasteiger partial charge in [-0.25, -0.2) is 15.4 Å². The van der Waals surface area contributed by atoms with Gasteiger partial charge >= 0.3 is 0 Å². The van der Waals surface area contributed by atoms with Crippen LogP contribution in [0.4, 0.5) is 11.5 Å². The van der Waals surface area contributed by atoms with Crippen molar-refractivity contribution in [3.8, 4) is 0 Å². The summed E-state index contributed by atoms with van der Waals surface area (Å²) in [5.74, 6) is 0.705.